The average Bonchev–Trinajstić information content (AvgIpc) is 2.74. The lowest BCUT2D eigenvalue weighted by molar-refractivity contribution is -0.141. The van der Waals surface area contributed by atoms with Gasteiger partial charge in [0.1, 0.15) is 5.60 Å². The van der Waals surface area contributed by atoms with Crippen LogP contribution in [-0.4, -0.2) is 29.5 Å². The molecule has 0 spiro atoms. The molecule has 16 heavy (non-hydrogen) atoms. The molecule has 1 unspecified atom stereocenters. The van der Waals surface area contributed by atoms with Crippen LogP contribution in [0.25, 0.3) is 0 Å². The molecule has 0 aromatic heterocycles. The van der Waals surface area contributed by atoms with Crippen molar-refractivity contribution >= 4 is 17.5 Å². The molecule has 1 rings (SSSR count). The molecule has 0 bridgehead atoms. The van der Waals surface area contributed by atoms with Gasteiger partial charge < -0.3 is 10.1 Å². The van der Waals surface area contributed by atoms with Crippen LogP contribution in [0.4, 0.5) is 0 Å². The van der Waals surface area contributed by atoms with E-state index in [1.54, 1.807) is 0 Å². The number of carbonyl (C=O) groups excluding carboxylic acids is 1. The van der Waals surface area contributed by atoms with Crippen LogP contribution in [0.15, 0.2) is 0 Å². The Morgan fingerprint density at radius 2 is 2.12 bits per heavy atom. The van der Waals surface area contributed by atoms with Crippen molar-refractivity contribution in [2.75, 3.05) is 12.5 Å². The number of halogens is 1. The number of carbonyl (C=O) groups is 1. The molecule has 1 heterocycles. The average molecular weight is 248 g/mol. The molecule has 1 saturated heterocycles. The number of ether oxygens (including phenoxy) is 1. The lowest BCUT2D eigenvalue weighted by Gasteiger charge is -2.34. The Morgan fingerprint density at radius 1 is 1.50 bits per heavy atom. The fourth-order valence-electron chi connectivity index (χ4n) is 1.98. The lowest BCUT2D eigenvalue weighted by atomic mass is 9.92. The highest BCUT2D eigenvalue weighted by molar-refractivity contribution is 6.18. The predicted molar refractivity (Wildman–Crippen MR) is 65.8 cm³/mol. The zero-order chi connectivity index (χ0) is 12.2. The van der Waals surface area contributed by atoms with Crippen LogP contribution in [0.2, 0.25) is 0 Å². The highest BCUT2D eigenvalue weighted by Gasteiger charge is 2.41. The second kappa shape index (κ2) is 5.37. The SMILES string of the molecule is CCC(CC)(CCl)NC(=O)C1(C)CCCO1. The Bertz CT molecular complexity index is 237. The van der Waals surface area contributed by atoms with E-state index in [-0.39, 0.29) is 11.4 Å². The second-order valence-electron chi connectivity index (χ2n) is 4.76. The predicted octanol–water partition coefficient (Wildman–Crippen LogP) is 2.47. The summed E-state index contributed by atoms with van der Waals surface area (Å²) in [5.74, 6) is 0.427. The van der Waals surface area contributed by atoms with E-state index in [0.29, 0.717) is 12.5 Å². The standard InChI is InChI=1S/C12H22ClNO2/c1-4-12(5-2,9-13)14-10(15)11(3)7-6-8-16-11/h4-9H2,1-3H3,(H,14,15). The van der Waals surface area contributed by atoms with Crippen molar-refractivity contribution < 1.29 is 9.53 Å². The summed E-state index contributed by atoms with van der Waals surface area (Å²) < 4.78 is 5.53. The smallest absolute Gasteiger partial charge is 0.252 e. The molecule has 1 amide bonds. The van der Waals surface area contributed by atoms with Crippen molar-refractivity contribution in [2.45, 2.75) is 57.6 Å². The summed E-state index contributed by atoms with van der Waals surface area (Å²) in [6.45, 7) is 6.63. The molecule has 3 nitrogen and oxygen atoms in total. The van der Waals surface area contributed by atoms with Crippen molar-refractivity contribution in [3.63, 3.8) is 0 Å². The van der Waals surface area contributed by atoms with Crippen LogP contribution >= 0.6 is 11.6 Å². The minimum Gasteiger partial charge on any atom is -0.365 e. The summed E-state index contributed by atoms with van der Waals surface area (Å²) in [6.07, 6.45) is 3.43. The van der Waals surface area contributed by atoms with Gasteiger partial charge in [-0.1, -0.05) is 13.8 Å². The Hall–Kier alpha value is -0.280. The third-order valence-corrected chi connectivity index (χ3v) is 4.20. The van der Waals surface area contributed by atoms with Crippen LogP contribution < -0.4 is 5.32 Å². The molecule has 0 aliphatic carbocycles. The number of nitrogens with one attached hydrogen (secondary N) is 1. The Balaban J connectivity index is 2.68. The van der Waals surface area contributed by atoms with E-state index in [0.717, 1.165) is 25.7 Å². The maximum atomic E-state index is 12.2. The van der Waals surface area contributed by atoms with Crippen molar-refractivity contribution in [3.8, 4) is 0 Å². The number of hydrogen-bond donors (Lipinski definition) is 1. The van der Waals surface area contributed by atoms with Crippen LogP contribution in [0.1, 0.15) is 46.5 Å². The number of hydrogen-bond acceptors (Lipinski definition) is 2. The van der Waals surface area contributed by atoms with Crippen LogP contribution in [0, 0.1) is 0 Å². The van der Waals surface area contributed by atoms with E-state index in [1.165, 1.54) is 0 Å². The summed E-state index contributed by atoms with van der Waals surface area (Å²) in [5, 5.41) is 3.07. The van der Waals surface area contributed by atoms with Gasteiger partial charge in [-0.3, -0.25) is 4.79 Å². The molecule has 1 fully saturated rings. The molecule has 1 atom stereocenters. The third-order valence-electron chi connectivity index (χ3n) is 3.69. The van der Waals surface area contributed by atoms with Gasteiger partial charge >= 0.3 is 0 Å². The Morgan fingerprint density at radius 3 is 2.50 bits per heavy atom. The van der Waals surface area contributed by atoms with Gasteiger partial charge in [-0.05, 0) is 32.6 Å². The molecule has 1 N–H and O–H groups in total. The molecule has 1 aliphatic heterocycles. The Kier molecular flexibility index (Phi) is 4.62. The minimum atomic E-state index is -0.651. The van der Waals surface area contributed by atoms with Gasteiger partial charge in [0, 0.05) is 12.5 Å². The van der Waals surface area contributed by atoms with Crippen molar-refractivity contribution in [2.24, 2.45) is 0 Å². The highest BCUT2D eigenvalue weighted by Crippen LogP contribution is 2.27. The summed E-state index contributed by atoms with van der Waals surface area (Å²) in [6, 6.07) is 0. The van der Waals surface area contributed by atoms with E-state index < -0.39 is 5.60 Å². The van der Waals surface area contributed by atoms with Crippen molar-refractivity contribution in [3.05, 3.63) is 0 Å². The second-order valence-corrected chi connectivity index (χ2v) is 5.03. The first-order chi connectivity index (χ1) is 7.52. The molecular formula is C12H22ClNO2. The Labute approximate surface area is 103 Å². The van der Waals surface area contributed by atoms with E-state index in [1.807, 2.05) is 20.8 Å². The first-order valence-electron chi connectivity index (χ1n) is 6.04. The first-order valence-corrected chi connectivity index (χ1v) is 6.58. The normalized spacial score (nSPS) is 25.8. The molecule has 4 heteroatoms. The van der Waals surface area contributed by atoms with Gasteiger partial charge in [-0.2, -0.15) is 0 Å². The molecule has 94 valence electrons. The molecule has 1 aliphatic rings. The lowest BCUT2D eigenvalue weighted by Crippen LogP contribution is -2.56. The van der Waals surface area contributed by atoms with Crippen molar-refractivity contribution in [1.82, 2.24) is 5.32 Å². The van der Waals surface area contributed by atoms with Gasteiger partial charge in [-0.25, -0.2) is 0 Å². The zero-order valence-electron chi connectivity index (χ0n) is 10.4. The number of rotatable bonds is 5. The maximum absolute atomic E-state index is 12.2. The van der Waals surface area contributed by atoms with Gasteiger partial charge in [0.25, 0.3) is 5.91 Å². The summed E-state index contributed by atoms with van der Waals surface area (Å²) >= 11 is 5.97. The fraction of sp³-hybridized carbons (Fsp3) is 0.917. The van der Waals surface area contributed by atoms with Crippen LogP contribution in [0.5, 0.6) is 0 Å². The highest BCUT2D eigenvalue weighted by atomic mass is 35.5. The molecular weight excluding hydrogens is 226 g/mol. The van der Waals surface area contributed by atoms with Crippen molar-refractivity contribution in [1.29, 1.82) is 0 Å². The maximum Gasteiger partial charge on any atom is 0.252 e. The number of amides is 1. The molecule has 0 aromatic carbocycles. The minimum absolute atomic E-state index is 0.0191. The fourth-order valence-corrected chi connectivity index (χ4v) is 2.43. The number of alkyl halides is 1. The molecule has 0 saturated carbocycles. The van der Waals surface area contributed by atoms with E-state index in [4.69, 9.17) is 16.3 Å². The first kappa shape index (κ1) is 13.8. The third kappa shape index (κ3) is 2.69. The van der Waals surface area contributed by atoms with E-state index in [9.17, 15) is 4.79 Å². The van der Waals surface area contributed by atoms with Gasteiger partial charge in [-0.15, -0.1) is 11.6 Å². The summed E-state index contributed by atoms with van der Waals surface area (Å²) in [7, 11) is 0. The van der Waals surface area contributed by atoms with E-state index >= 15 is 0 Å². The largest absolute Gasteiger partial charge is 0.365 e. The summed E-state index contributed by atoms with van der Waals surface area (Å²) in [5.41, 5.74) is -0.935. The van der Waals surface area contributed by atoms with E-state index in [2.05, 4.69) is 5.32 Å². The quantitative estimate of drug-likeness (QED) is 0.758. The van der Waals surface area contributed by atoms with Crippen LogP contribution in [0.3, 0.4) is 0 Å². The monoisotopic (exact) mass is 247 g/mol. The molecule has 0 aromatic rings. The van der Waals surface area contributed by atoms with Gasteiger partial charge in [0.15, 0.2) is 0 Å². The zero-order valence-corrected chi connectivity index (χ0v) is 11.2. The van der Waals surface area contributed by atoms with Crippen LogP contribution in [-0.2, 0) is 9.53 Å². The topological polar surface area (TPSA) is 38.3 Å². The van der Waals surface area contributed by atoms with Gasteiger partial charge in [0.2, 0.25) is 0 Å². The summed E-state index contributed by atoms with van der Waals surface area (Å²) in [4.78, 5) is 12.2. The molecule has 0 radical (unpaired) electrons. The van der Waals surface area contributed by atoms with Gasteiger partial charge in [0.05, 0.1) is 5.54 Å².